The highest BCUT2D eigenvalue weighted by Gasteiger charge is 2.29. The molecule has 0 saturated carbocycles. The summed E-state index contributed by atoms with van der Waals surface area (Å²) in [5, 5.41) is 6.50. The number of nitrogens with one attached hydrogen (secondary N) is 2. The molecule has 2 atom stereocenters. The lowest BCUT2D eigenvalue weighted by Gasteiger charge is -2.28. The highest BCUT2D eigenvalue weighted by Crippen LogP contribution is 2.25. The van der Waals surface area contributed by atoms with Crippen molar-refractivity contribution in [2.24, 2.45) is 5.92 Å². The Kier molecular flexibility index (Phi) is 7.81. The molecule has 162 valence electrons. The first-order chi connectivity index (χ1) is 14.4. The third kappa shape index (κ3) is 5.56. The Morgan fingerprint density at radius 1 is 1.17 bits per heavy atom. The standard InChI is InChI=1S/C22H27Cl2N3O3/c1-14(2)20(26-21(28)16-8-7-15(23)12-17(16)24)22(29)25-13-18(19-6-5-11-30-19)27-9-3-4-10-27/h5-8,11-12,14,18,20H,3-4,9-10,13H2,1-2H3,(H,25,29)(H,26,28)/t18-,20+/m1/s1. The van der Waals surface area contributed by atoms with Crippen molar-refractivity contribution in [2.75, 3.05) is 19.6 Å². The van der Waals surface area contributed by atoms with Crippen LogP contribution in [-0.2, 0) is 4.79 Å². The predicted octanol–water partition coefficient (Wildman–Crippen LogP) is 4.29. The van der Waals surface area contributed by atoms with Gasteiger partial charge in [-0.05, 0) is 62.2 Å². The van der Waals surface area contributed by atoms with Gasteiger partial charge in [-0.15, -0.1) is 0 Å². The van der Waals surface area contributed by atoms with Gasteiger partial charge in [-0.1, -0.05) is 37.0 Å². The molecule has 2 amide bonds. The fourth-order valence-corrected chi connectivity index (χ4v) is 4.17. The molecule has 0 bridgehead atoms. The van der Waals surface area contributed by atoms with Crippen LogP contribution in [0.2, 0.25) is 10.0 Å². The normalized spacial score (nSPS) is 16.4. The van der Waals surface area contributed by atoms with Crippen molar-refractivity contribution in [3.8, 4) is 0 Å². The lowest BCUT2D eigenvalue weighted by atomic mass is 10.0. The molecule has 3 rings (SSSR count). The Bertz CT molecular complexity index is 865. The van der Waals surface area contributed by atoms with E-state index in [4.69, 9.17) is 27.6 Å². The van der Waals surface area contributed by atoms with E-state index in [1.165, 1.54) is 6.07 Å². The van der Waals surface area contributed by atoms with Gasteiger partial charge in [0.25, 0.3) is 5.91 Å². The SMILES string of the molecule is CC(C)[C@H](NC(=O)c1ccc(Cl)cc1Cl)C(=O)NC[C@H](c1ccco1)N1CCCC1. The molecule has 1 aliphatic rings. The van der Waals surface area contributed by atoms with E-state index in [2.05, 4.69) is 15.5 Å². The Morgan fingerprint density at radius 2 is 1.90 bits per heavy atom. The first kappa shape index (κ1) is 22.7. The quantitative estimate of drug-likeness (QED) is 0.627. The molecule has 1 fully saturated rings. The van der Waals surface area contributed by atoms with Gasteiger partial charge < -0.3 is 15.1 Å². The highest BCUT2D eigenvalue weighted by atomic mass is 35.5. The van der Waals surface area contributed by atoms with Crippen molar-refractivity contribution in [2.45, 2.75) is 38.8 Å². The lowest BCUT2D eigenvalue weighted by molar-refractivity contribution is -0.124. The molecule has 2 N–H and O–H groups in total. The molecule has 0 unspecified atom stereocenters. The summed E-state index contributed by atoms with van der Waals surface area (Å²) < 4.78 is 5.61. The zero-order chi connectivity index (χ0) is 21.7. The number of furan rings is 1. The molecule has 2 aromatic rings. The molecule has 1 aromatic heterocycles. The Balaban J connectivity index is 1.66. The molecule has 30 heavy (non-hydrogen) atoms. The number of rotatable bonds is 8. The van der Waals surface area contributed by atoms with Crippen LogP contribution in [0.1, 0.15) is 48.8 Å². The van der Waals surface area contributed by atoms with E-state index in [1.54, 1.807) is 18.4 Å². The summed E-state index contributed by atoms with van der Waals surface area (Å²) in [6.07, 6.45) is 3.92. The van der Waals surface area contributed by atoms with Crippen LogP contribution >= 0.6 is 23.2 Å². The maximum absolute atomic E-state index is 13.0. The first-order valence-electron chi connectivity index (χ1n) is 10.2. The third-order valence-corrected chi connectivity index (χ3v) is 5.88. The molecule has 0 spiro atoms. The van der Waals surface area contributed by atoms with Crippen LogP contribution in [0.4, 0.5) is 0 Å². The molecule has 0 radical (unpaired) electrons. The minimum atomic E-state index is -0.694. The third-order valence-electron chi connectivity index (χ3n) is 5.33. The number of nitrogens with zero attached hydrogens (tertiary/aromatic N) is 1. The second-order valence-corrected chi connectivity index (χ2v) is 8.68. The van der Waals surface area contributed by atoms with Crippen molar-refractivity contribution in [1.82, 2.24) is 15.5 Å². The van der Waals surface area contributed by atoms with Crippen LogP contribution in [0, 0.1) is 5.92 Å². The molecule has 0 aliphatic carbocycles. The molecular formula is C22H27Cl2N3O3. The average molecular weight is 452 g/mol. The Hall–Kier alpha value is -2.02. The van der Waals surface area contributed by atoms with Gasteiger partial charge in [-0.2, -0.15) is 0 Å². The predicted molar refractivity (Wildman–Crippen MR) is 118 cm³/mol. The summed E-state index contributed by atoms with van der Waals surface area (Å²) in [5.74, 6) is 0.0796. The van der Waals surface area contributed by atoms with Crippen LogP contribution in [0.15, 0.2) is 41.0 Å². The monoisotopic (exact) mass is 451 g/mol. The second kappa shape index (κ2) is 10.3. The summed E-state index contributed by atoms with van der Waals surface area (Å²) in [6.45, 7) is 6.13. The van der Waals surface area contributed by atoms with Gasteiger partial charge in [-0.25, -0.2) is 0 Å². The minimum Gasteiger partial charge on any atom is -0.468 e. The number of carbonyl (C=O) groups is 2. The van der Waals surface area contributed by atoms with Crippen molar-refractivity contribution >= 4 is 35.0 Å². The molecule has 1 saturated heterocycles. The maximum Gasteiger partial charge on any atom is 0.253 e. The summed E-state index contributed by atoms with van der Waals surface area (Å²) in [4.78, 5) is 28.0. The van der Waals surface area contributed by atoms with Crippen LogP contribution in [0.25, 0.3) is 0 Å². The van der Waals surface area contributed by atoms with Gasteiger partial charge in [0, 0.05) is 11.6 Å². The number of likely N-dealkylation sites (tertiary alicyclic amines) is 1. The molecular weight excluding hydrogens is 425 g/mol. The highest BCUT2D eigenvalue weighted by molar-refractivity contribution is 6.36. The van der Waals surface area contributed by atoms with E-state index in [9.17, 15) is 9.59 Å². The molecule has 6 nitrogen and oxygen atoms in total. The van der Waals surface area contributed by atoms with E-state index in [1.807, 2.05) is 26.0 Å². The largest absolute Gasteiger partial charge is 0.468 e. The number of hydrogen-bond acceptors (Lipinski definition) is 4. The van der Waals surface area contributed by atoms with Crippen LogP contribution < -0.4 is 10.6 Å². The second-order valence-electron chi connectivity index (χ2n) is 7.84. The number of benzene rings is 1. The summed E-state index contributed by atoms with van der Waals surface area (Å²) in [5.41, 5.74) is 0.282. The van der Waals surface area contributed by atoms with Crippen molar-refractivity contribution < 1.29 is 14.0 Å². The smallest absolute Gasteiger partial charge is 0.253 e. The number of hydrogen-bond donors (Lipinski definition) is 2. The molecule has 8 heteroatoms. The summed E-state index contributed by atoms with van der Waals surface area (Å²) in [6, 6.07) is 7.71. The van der Waals surface area contributed by atoms with E-state index in [0.29, 0.717) is 11.6 Å². The number of amides is 2. The average Bonchev–Trinajstić information content (AvgIpc) is 3.40. The van der Waals surface area contributed by atoms with Crippen LogP contribution in [-0.4, -0.2) is 42.4 Å². The summed E-state index contributed by atoms with van der Waals surface area (Å²) >= 11 is 12.0. The van der Waals surface area contributed by atoms with E-state index in [-0.39, 0.29) is 28.5 Å². The summed E-state index contributed by atoms with van der Waals surface area (Å²) in [7, 11) is 0. The zero-order valence-electron chi connectivity index (χ0n) is 17.2. The van der Waals surface area contributed by atoms with Crippen molar-refractivity contribution in [1.29, 1.82) is 0 Å². The fourth-order valence-electron chi connectivity index (χ4n) is 3.68. The van der Waals surface area contributed by atoms with Crippen LogP contribution in [0.5, 0.6) is 0 Å². The van der Waals surface area contributed by atoms with Gasteiger partial charge in [0.1, 0.15) is 11.8 Å². The zero-order valence-corrected chi connectivity index (χ0v) is 18.7. The Labute approximate surface area is 186 Å². The van der Waals surface area contributed by atoms with Crippen molar-refractivity contribution in [3.63, 3.8) is 0 Å². The number of halogens is 2. The fraction of sp³-hybridized carbons (Fsp3) is 0.455. The topological polar surface area (TPSA) is 74.6 Å². The Morgan fingerprint density at radius 3 is 2.50 bits per heavy atom. The van der Waals surface area contributed by atoms with Gasteiger partial charge in [0.2, 0.25) is 5.91 Å². The van der Waals surface area contributed by atoms with Crippen LogP contribution in [0.3, 0.4) is 0 Å². The van der Waals surface area contributed by atoms with Gasteiger partial charge in [0.05, 0.1) is 22.9 Å². The van der Waals surface area contributed by atoms with Gasteiger partial charge in [-0.3, -0.25) is 14.5 Å². The van der Waals surface area contributed by atoms with E-state index < -0.39 is 11.9 Å². The van der Waals surface area contributed by atoms with Crippen molar-refractivity contribution in [3.05, 3.63) is 58.0 Å². The lowest BCUT2D eigenvalue weighted by Crippen LogP contribution is -2.51. The van der Waals surface area contributed by atoms with Gasteiger partial charge in [0.15, 0.2) is 0 Å². The number of carbonyl (C=O) groups excluding carboxylic acids is 2. The van der Waals surface area contributed by atoms with E-state index in [0.717, 1.165) is 31.7 Å². The maximum atomic E-state index is 13.0. The molecule has 1 aliphatic heterocycles. The molecule has 2 heterocycles. The molecule has 1 aromatic carbocycles. The van der Waals surface area contributed by atoms with E-state index >= 15 is 0 Å². The minimum absolute atomic E-state index is 0.0272. The first-order valence-corrected chi connectivity index (χ1v) is 10.9. The van der Waals surface area contributed by atoms with Gasteiger partial charge >= 0.3 is 0 Å².